The van der Waals surface area contributed by atoms with Gasteiger partial charge < -0.3 is 20.5 Å². The molecule has 0 spiro atoms. The Labute approximate surface area is 106 Å². The molecule has 3 atom stereocenters. The van der Waals surface area contributed by atoms with E-state index >= 15 is 0 Å². The first kappa shape index (κ1) is 13.1. The fourth-order valence-corrected chi connectivity index (χ4v) is 2.55. The van der Waals surface area contributed by atoms with Gasteiger partial charge in [0.2, 0.25) is 0 Å². The van der Waals surface area contributed by atoms with E-state index in [0.717, 1.165) is 19.4 Å². The van der Waals surface area contributed by atoms with Gasteiger partial charge in [-0.1, -0.05) is 0 Å². The minimum Gasteiger partial charge on any atom is -0.481 e. The van der Waals surface area contributed by atoms with Crippen LogP contribution >= 0.6 is 0 Å². The highest BCUT2D eigenvalue weighted by molar-refractivity contribution is 5.75. The van der Waals surface area contributed by atoms with Crippen LogP contribution in [0.3, 0.4) is 0 Å². The lowest BCUT2D eigenvalue weighted by Crippen LogP contribution is -2.43. The average molecular weight is 256 g/mol. The van der Waals surface area contributed by atoms with E-state index in [-0.39, 0.29) is 18.0 Å². The molecule has 2 fully saturated rings. The first-order chi connectivity index (χ1) is 8.65. The molecule has 0 bridgehead atoms. The summed E-state index contributed by atoms with van der Waals surface area (Å²) in [6, 6.07) is -0.205. The van der Waals surface area contributed by atoms with Crippen LogP contribution in [-0.2, 0) is 9.53 Å². The Bertz CT molecular complexity index is 315. The smallest absolute Gasteiger partial charge is 0.315 e. The summed E-state index contributed by atoms with van der Waals surface area (Å²) in [6.45, 7) is 2.11. The Balaban J connectivity index is 1.63. The third-order valence-electron chi connectivity index (χ3n) is 3.69. The summed E-state index contributed by atoms with van der Waals surface area (Å²) in [7, 11) is 0. The summed E-state index contributed by atoms with van der Waals surface area (Å²) in [6.07, 6.45) is 2.92. The van der Waals surface area contributed by atoms with Gasteiger partial charge in [-0.2, -0.15) is 0 Å². The highest BCUT2D eigenvalue weighted by Gasteiger charge is 2.30. The molecular weight excluding hydrogens is 236 g/mol. The van der Waals surface area contributed by atoms with Gasteiger partial charge in [-0.25, -0.2) is 4.79 Å². The number of carbonyl (C=O) groups is 2. The van der Waals surface area contributed by atoms with Crippen LogP contribution in [0.25, 0.3) is 0 Å². The van der Waals surface area contributed by atoms with Crippen LogP contribution in [0.1, 0.15) is 25.7 Å². The molecule has 2 amide bonds. The molecule has 1 heterocycles. The Morgan fingerprint density at radius 3 is 2.72 bits per heavy atom. The summed E-state index contributed by atoms with van der Waals surface area (Å²) in [4.78, 5) is 22.4. The van der Waals surface area contributed by atoms with Crippen molar-refractivity contribution in [3.8, 4) is 0 Å². The van der Waals surface area contributed by atoms with E-state index in [1.165, 1.54) is 0 Å². The van der Waals surface area contributed by atoms with E-state index in [9.17, 15) is 9.59 Å². The number of carbonyl (C=O) groups excluding carboxylic acids is 1. The Morgan fingerprint density at radius 2 is 2.11 bits per heavy atom. The fourth-order valence-electron chi connectivity index (χ4n) is 2.55. The SMILES string of the molecule is O=C(NCC1CCOC1)NC1CCC(C(=O)O)C1. The molecule has 1 aliphatic carbocycles. The van der Waals surface area contributed by atoms with E-state index in [1.54, 1.807) is 0 Å². The monoisotopic (exact) mass is 256 g/mol. The first-order valence-electron chi connectivity index (χ1n) is 6.50. The van der Waals surface area contributed by atoms with Gasteiger partial charge in [0.05, 0.1) is 12.5 Å². The van der Waals surface area contributed by atoms with E-state index < -0.39 is 5.97 Å². The van der Waals surface area contributed by atoms with Crippen LogP contribution in [0, 0.1) is 11.8 Å². The number of ether oxygens (including phenoxy) is 1. The number of carboxylic acids is 1. The maximum Gasteiger partial charge on any atom is 0.315 e. The van der Waals surface area contributed by atoms with E-state index in [0.29, 0.717) is 31.9 Å². The van der Waals surface area contributed by atoms with E-state index in [4.69, 9.17) is 9.84 Å². The zero-order valence-electron chi connectivity index (χ0n) is 10.4. The third kappa shape index (κ3) is 3.60. The van der Waals surface area contributed by atoms with Crippen molar-refractivity contribution < 1.29 is 19.4 Å². The van der Waals surface area contributed by atoms with Gasteiger partial charge in [0.15, 0.2) is 0 Å². The number of aliphatic carboxylic acids is 1. The molecule has 6 heteroatoms. The molecule has 2 aliphatic rings. The number of carboxylic acid groups (broad SMARTS) is 1. The highest BCUT2D eigenvalue weighted by Crippen LogP contribution is 2.25. The van der Waals surface area contributed by atoms with Gasteiger partial charge in [0.1, 0.15) is 0 Å². The normalized spacial score (nSPS) is 31.2. The standard InChI is InChI=1S/C12H20N2O4/c15-11(16)9-1-2-10(5-9)14-12(17)13-6-8-3-4-18-7-8/h8-10H,1-7H2,(H,15,16)(H2,13,14,17). The topological polar surface area (TPSA) is 87.7 Å². The lowest BCUT2D eigenvalue weighted by atomic mass is 10.1. The molecule has 3 unspecified atom stereocenters. The van der Waals surface area contributed by atoms with Crippen LogP contribution in [0.5, 0.6) is 0 Å². The van der Waals surface area contributed by atoms with E-state index in [2.05, 4.69) is 10.6 Å². The molecule has 102 valence electrons. The van der Waals surface area contributed by atoms with Crippen molar-refractivity contribution in [1.82, 2.24) is 10.6 Å². The lowest BCUT2D eigenvalue weighted by molar-refractivity contribution is -0.141. The molecule has 1 saturated carbocycles. The van der Waals surface area contributed by atoms with Crippen molar-refractivity contribution in [2.45, 2.75) is 31.7 Å². The Hall–Kier alpha value is -1.30. The molecule has 0 aromatic carbocycles. The van der Waals surface area contributed by atoms with Gasteiger partial charge in [0.25, 0.3) is 0 Å². The third-order valence-corrected chi connectivity index (χ3v) is 3.69. The average Bonchev–Trinajstić information content (AvgIpc) is 2.96. The van der Waals surface area contributed by atoms with Crippen LogP contribution in [0.15, 0.2) is 0 Å². The predicted molar refractivity (Wildman–Crippen MR) is 64.2 cm³/mol. The van der Waals surface area contributed by atoms with Crippen LogP contribution in [0.2, 0.25) is 0 Å². The van der Waals surface area contributed by atoms with Crippen LogP contribution in [0.4, 0.5) is 4.79 Å². The largest absolute Gasteiger partial charge is 0.481 e. The number of hydrogen-bond donors (Lipinski definition) is 3. The quantitative estimate of drug-likeness (QED) is 0.686. The fraction of sp³-hybridized carbons (Fsp3) is 0.833. The van der Waals surface area contributed by atoms with Crippen molar-refractivity contribution in [1.29, 1.82) is 0 Å². The molecule has 1 saturated heterocycles. The van der Waals surface area contributed by atoms with Crippen LogP contribution < -0.4 is 10.6 Å². The molecule has 1 aliphatic heterocycles. The van der Waals surface area contributed by atoms with Gasteiger partial charge in [-0.05, 0) is 25.7 Å². The second kappa shape index (κ2) is 6.04. The zero-order valence-corrected chi connectivity index (χ0v) is 10.4. The van der Waals surface area contributed by atoms with Gasteiger partial charge in [-0.3, -0.25) is 4.79 Å². The van der Waals surface area contributed by atoms with Gasteiger partial charge in [-0.15, -0.1) is 0 Å². The summed E-state index contributed by atoms with van der Waals surface area (Å²) in [5.74, 6) is -0.660. The van der Waals surface area contributed by atoms with Crippen molar-refractivity contribution in [3.63, 3.8) is 0 Å². The summed E-state index contributed by atoms with van der Waals surface area (Å²) < 4.78 is 5.23. The molecule has 2 rings (SSSR count). The van der Waals surface area contributed by atoms with E-state index in [1.807, 2.05) is 0 Å². The van der Waals surface area contributed by atoms with Gasteiger partial charge in [0, 0.05) is 25.1 Å². The summed E-state index contributed by atoms with van der Waals surface area (Å²) in [5.41, 5.74) is 0. The molecular formula is C12H20N2O4. The predicted octanol–water partition coefficient (Wildman–Crippen LogP) is 0.575. The second-order valence-electron chi connectivity index (χ2n) is 5.13. The summed E-state index contributed by atoms with van der Waals surface area (Å²) in [5, 5.41) is 14.5. The minimum atomic E-state index is -0.761. The van der Waals surface area contributed by atoms with Crippen LogP contribution in [-0.4, -0.2) is 42.9 Å². The number of nitrogens with one attached hydrogen (secondary N) is 2. The molecule has 6 nitrogen and oxygen atoms in total. The number of hydrogen-bond acceptors (Lipinski definition) is 3. The number of urea groups is 1. The van der Waals surface area contributed by atoms with Crippen molar-refractivity contribution in [2.24, 2.45) is 11.8 Å². The highest BCUT2D eigenvalue weighted by atomic mass is 16.5. The molecule has 3 N–H and O–H groups in total. The molecule has 0 aromatic rings. The Morgan fingerprint density at radius 1 is 1.28 bits per heavy atom. The first-order valence-corrected chi connectivity index (χ1v) is 6.50. The molecule has 0 aromatic heterocycles. The zero-order chi connectivity index (χ0) is 13.0. The maximum atomic E-state index is 11.6. The van der Waals surface area contributed by atoms with Crippen molar-refractivity contribution in [3.05, 3.63) is 0 Å². The number of amides is 2. The Kier molecular flexibility index (Phi) is 4.41. The molecule has 18 heavy (non-hydrogen) atoms. The molecule has 0 radical (unpaired) electrons. The van der Waals surface area contributed by atoms with Crippen molar-refractivity contribution in [2.75, 3.05) is 19.8 Å². The second-order valence-corrected chi connectivity index (χ2v) is 5.13. The van der Waals surface area contributed by atoms with Crippen molar-refractivity contribution >= 4 is 12.0 Å². The maximum absolute atomic E-state index is 11.6. The van der Waals surface area contributed by atoms with Gasteiger partial charge >= 0.3 is 12.0 Å². The minimum absolute atomic E-state index is 0.00840. The summed E-state index contributed by atoms with van der Waals surface area (Å²) >= 11 is 0. The number of rotatable bonds is 4. The lowest BCUT2D eigenvalue weighted by Gasteiger charge is -2.15.